The molecule has 1 aromatic carbocycles. The van der Waals surface area contributed by atoms with Gasteiger partial charge in [0.1, 0.15) is 11.1 Å². The Morgan fingerprint density at radius 1 is 1.15 bits per heavy atom. The molecule has 2 N–H and O–H groups in total. The van der Waals surface area contributed by atoms with Gasteiger partial charge in [0, 0.05) is 25.1 Å². The predicted molar refractivity (Wildman–Crippen MR) is 98.5 cm³/mol. The van der Waals surface area contributed by atoms with Crippen LogP contribution in [0.2, 0.25) is 0 Å². The Hall–Kier alpha value is -2.30. The summed E-state index contributed by atoms with van der Waals surface area (Å²) in [5.74, 6) is -2.37. The number of rotatable bonds is 8. The van der Waals surface area contributed by atoms with Crippen molar-refractivity contribution >= 4 is 33.0 Å². The number of hydrogen-bond acceptors (Lipinski definition) is 6. The Morgan fingerprint density at radius 3 is 2.41 bits per heavy atom. The minimum absolute atomic E-state index is 0.0684. The maximum atomic E-state index is 13.1. The van der Waals surface area contributed by atoms with Crippen molar-refractivity contribution in [2.45, 2.75) is 10.1 Å². The van der Waals surface area contributed by atoms with Gasteiger partial charge >= 0.3 is 11.8 Å². The zero-order chi connectivity index (χ0) is 19.9. The van der Waals surface area contributed by atoms with Crippen LogP contribution in [0.25, 0.3) is 0 Å². The smallest absolute Gasteiger partial charge is 0.309 e. The lowest BCUT2D eigenvalue weighted by molar-refractivity contribution is -0.139. The lowest BCUT2D eigenvalue weighted by Gasteiger charge is -2.17. The van der Waals surface area contributed by atoms with Crippen molar-refractivity contribution in [2.75, 3.05) is 26.8 Å². The standard InChI is InChI=1S/C17H19FN2O5S2/c1-25-9-8-19-16(21)17(22)20-11-15(14-3-2-10-26-14)27(23,24)13-6-4-12(18)5-7-13/h2-7,10,15H,8-9,11H2,1H3,(H,19,21)(H,20,22)/t15-/m1/s1. The van der Waals surface area contributed by atoms with Gasteiger partial charge < -0.3 is 15.4 Å². The number of nitrogens with one attached hydrogen (secondary N) is 2. The number of hydrogen-bond donors (Lipinski definition) is 2. The second kappa shape index (κ2) is 9.58. The Labute approximate surface area is 160 Å². The second-order valence-electron chi connectivity index (χ2n) is 5.46. The van der Waals surface area contributed by atoms with Crippen molar-refractivity contribution in [1.82, 2.24) is 10.6 Å². The van der Waals surface area contributed by atoms with Crippen LogP contribution in [0.15, 0.2) is 46.7 Å². The van der Waals surface area contributed by atoms with E-state index in [1.165, 1.54) is 30.6 Å². The molecule has 0 saturated heterocycles. The van der Waals surface area contributed by atoms with Gasteiger partial charge in [-0.15, -0.1) is 11.3 Å². The van der Waals surface area contributed by atoms with Gasteiger partial charge in [-0.25, -0.2) is 12.8 Å². The number of thiophene rings is 1. The molecule has 10 heteroatoms. The topological polar surface area (TPSA) is 102 Å². The first-order valence-corrected chi connectivity index (χ1v) is 10.4. The maximum absolute atomic E-state index is 13.1. The molecule has 146 valence electrons. The molecule has 0 bridgehead atoms. The molecule has 0 radical (unpaired) electrons. The van der Waals surface area contributed by atoms with Crippen LogP contribution in [0.3, 0.4) is 0 Å². The van der Waals surface area contributed by atoms with Gasteiger partial charge in [0.25, 0.3) is 0 Å². The molecule has 0 aliphatic heterocycles. The molecule has 2 rings (SSSR count). The Balaban J connectivity index is 2.15. The van der Waals surface area contributed by atoms with Gasteiger partial charge in [-0.3, -0.25) is 9.59 Å². The minimum Gasteiger partial charge on any atom is -0.383 e. The molecule has 0 saturated carbocycles. The molecule has 0 unspecified atom stereocenters. The number of sulfone groups is 1. The fourth-order valence-electron chi connectivity index (χ4n) is 2.24. The zero-order valence-electron chi connectivity index (χ0n) is 14.5. The summed E-state index contributed by atoms with van der Waals surface area (Å²) in [5, 5.41) is 5.31. The largest absolute Gasteiger partial charge is 0.383 e. The lowest BCUT2D eigenvalue weighted by atomic mass is 10.3. The van der Waals surface area contributed by atoms with E-state index in [1.54, 1.807) is 17.5 Å². The first-order chi connectivity index (χ1) is 12.9. The maximum Gasteiger partial charge on any atom is 0.309 e. The number of amides is 2. The minimum atomic E-state index is -3.91. The van der Waals surface area contributed by atoms with E-state index in [1.807, 2.05) is 0 Å². The summed E-state index contributed by atoms with van der Waals surface area (Å²) in [4.78, 5) is 24.1. The van der Waals surface area contributed by atoms with E-state index < -0.39 is 32.7 Å². The van der Waals surface area contributed by atoms with Gasteiger partial charge in [0.05, 0.1) is 11.5 Å². The molecule has 2 aromatic rings. The van der Waals surface area contributed by atoms with Gasteiger partial charge in [0.15, 0.2) is 9.84 Å². The van der Waals surface area contributed by atoms with Crippen molar-refractivity contribution in [3.05, 3.63) is 52.5 Å². The van der Waals surface area contributed by atoms with E-state index in [0.29, 0.717) is 4.88 Å². The highest BCUT2D eigenvalue weighted by Gasteiger charge is 2.31. The van der Waals surface area contributed by atoms with E-state index >= 15 is 0 Å². The first kappa shape index (κ1) is 21.0. The molecule has 2 amide bonds. The zero-order valence-corrected chi connectivity index (χ0v) is 16.1. The summed E-state index contributed by atoms with van der Waals surface area (Å²) in [5.41, 5.74) is 0. The average Bonchev–Trinajstić information content (AvgIpc) is 3.16. The lowest BCUT2D eigenvalue weighted by Crippen LogP contribution is -2.43. The van der Waals surface area contributed by atoms with Crippen LogP contribution in [0, 0.1) is 5.82 Å². The molecule has 0 fully saturated rings. The Kier molecular flexibility index (Phi) is 7.45. The Bertz CT molecular complexity index is 867. The van der Waals surface area contributed by atoms with Crippen LogP contribution in [-0.4, -0.2) is 47.0 Å². The van der Waals surface area contributed by atoms with Crippen molar-refractivity contribution in [3.63, 3.8) is 0 Å². The molecule has 7 nitrogen and oxygen atoms in total. The van der Waals surface area contributed by atoms with Crippen molar-refractivity contribution in [1.29, 1.82) is 0 Å². The Morgan fingerprint density at radius 2 is 1.81 bits per heavy atom. The van der Waals surface area contributed by atoms with Crippen LogP contribution in [0.4, 0.5) is 4.39 Å². The predicted octanol–water partition coefficient (Wildman–Crippen LogP) is 1.28. The molecule has 1 aromatic heterocycles. The van der Waals surface area contributed by atoms with E-state index in [9.17, 15) is 22.4 Å². The first-order valence-electron chi connectivity index (χ1n) is 7.94. The van der Waals surface area contributed by atoms with Crippen molar-refractivity contribution in [2.24, 2.45) is 0 Å². The monoisotopic (exact) mass is 414 g/mol. The molecular weight excluding hydrogens is 395 g/mol. The number of carbonyl (C=O) groups excluding carboxylic acids is 2. The highest BCUT2D eigenvalue weighted by molar-refractivity contribution is 7.91. The van der Waals surface area contributed by atoms with Crippen LogP contribution in [-0.2, 0) is 24.2 Å². The van der Waals surface area contributed by atoms with E-state index in [2.05, 4.69) is 10.6 Å². The fourth-order valence-corrected chi connectivity index (χ4v) is 5.02. The summed E-state index contributed by atoms with van der Waals surface area (Å²) >= 11 is 1.21. The fraction of sp³-hybridized carbons (Fsp3) is 0.294. The molecular formula is C17H19FN2O5S2. The van der Waals surface area contributed by atoms with Crippen LogP contribution >= 0.6 is 11.3 Å². The van der Waals surface area contributed by atoms with E-state index in [-0.39, 0.29) is 24.6 Å². The van der Waals surface area contributed by atoms with Gasteiger partial charge in [-0.2, -0.15) is 0 Å². The summed E-state index contributed by atoms with van der Waals surface area (Å²) in [6.45, 7) is 0.109. The third-order valence-corrected chi connectivity index (χ3v) is 6.86. The third-order valence-electron chi connectivity index (χ3n) is 3.62. The van der Waals surface area contributed by atoms with Crippen LogP contribution in [0.1, 0.15) is 10.1 Å². The summed E-state index contributed by atoms with van der Waals surface area (Å²) < 4.78 is 43.8. The van der Waals surface area contributed by atoms with E-state index in [4.69, 9.17) is 4.74 Å². The molecule has 1 heterocycles. The van der Waals surface area contributed by atoms with Gasteiger partial charge in [-0.05, 0) is 35.7 Å². The van der Waals surface area contributed by atoms with Crippen LogP contribution < -0.4 is 10.6 Å². The number of carbonyl (C=O) groups is 2. The molecule has 1 atom stereocenters. The number of ether oxygens (including phenoxy) is 1. The SMILES string of the molecule is COCCNC(=O)C(=O)NC[C@H](c1cccs1)S(=O)(=O)c1ccc(F)cc1. The number of benzene rings is 1. The average molecular weight is 414 g/mol. The number of methoxy groups -OCH3 is 1. The highest BCUT2D eigenvalue weighted by Crippen LogP contribution is 2.31. The summed E-state index contributed by atoms with van der Waals surface area (Å²) in [6.07, 6.45) is 0. The third kappa shape index (κ3) is 5.59. The highest BCUT2D eigenvalue weighted by atomic mass is 32.2. The molecule has 0 aliphatic rings. The van der Waals surface area contributed by atoms with E-state index in [0.717, 1.165) is 12.1 Å². The van der Waals surface area contributed by atoms with Crippen molar-refractivity contribution < 1.29 is 27.1 Å². The second-order valence-corrected chi connectivity index (χ2v) is 8.57. The summed E-state index contributed by atoms with van der Waals surface area (Å²) in [7, 11) is -2.45. The normalized spacial score (nSPS) is 12.4. The molecule has 0 aliphatic carbocycles. The number of halogens is 1. The van der Waals surface area contributed by atoms with Gasteiger partial charge in [-0.1, -0.05) is 6.07 Å². The van der Waals surface area contributed by atoms with Gasteiger partial charge in [0.2, 0.25) is 0 Å². The van der Waals surface area contributed by atoms with Crippen LogP contribution in [0.5, 0.6) is 0 Å². The van der Waals surface area contributed by atoms with Crippen molar-refractivity contribution in [3.8, 4) is 0 Å². The quantitative estimate of drug-likeness (QED) is 0.385. The molecule has 0 spiro atoms. The molecule has 27 heavy (non-hydrogen) atoms. The summed E-state index contributed by atoms with van der Waals surface area (Å²) in [6, 6.07) is 7.77.